The SMILES string of the molecule is CC1CCN(C(=O)CNC(=O)CC(C)(C)C)C(C(=O)O)C1. The third-order valence-electron chi connectivity index (χ3n) is 3.60. The molecule has 120 valence electrons. The van der Waals surface area contributed by atoms with Crippen LogP contribution in [0.5, 0.6) is 0 Å². The average molecular weight is 298 g/mol. The molecule has 2 unspecified atom stereocenters. The van der Waals surface area contributed by atoms with Crippen LogP contribution in [0.15, 0.2) is 0 Å². The zero-order valence-corrected chi connectivity index (χ0v) is 13.3. The van der Waals surface area contributed by atoms with E-state index in [4.69, 9.17) is 0 Å². The molecule has 1 fully saturated rings. The predicted octanol–water partition coefficient (Wildman–Crippen LogP) is 1.25. The summed E-state index contributed by atoms with van der Waals surface area (Å²) in [6.07, 6.45) is 1.60. The monoisotopic (exact) mass is 298 g/mol. The highest BCUT2D eigenvalue weighted by molar-refractivity contribution is 5.88. The van der Waals surface area contributed by atoms with Crippen molar-refractivity contribution in [1.82, 2.24) is 10.2 Å². The van der Waals surface area contributed by atoms with Gasteiger partial charge >= 0.3 is 5.97 Å². The zero-order chi connectivity index (χ0) is 16.2. The van der Waals surface area contributed by atoms with Crippen molar-refractivity contribution in [2.45, 2.75) is 53.0 Å². The van der Waals surface area contributed by atoms with E-state index in [-0.39, 0.29) is 23.8 Å². The summed E-state index contributed by atoms with van der Waals surface area (Å²) in [5.74, 6) is -1.19. The van der Waals surface area contributed by atoms with Gasteiger partial charge in [-0.15, -0.1) is 0 Å². The predicted molar refractivity (Wildman–Crippen MR) is 78.6 cm³/mol. The van der Waals surface area contributed by atoms with Crippen LogP contribution < -0.4 is 5.32 Å². The number of aliphatic carboxylic acids is 1. The molecule has 1 saturated heterocycles. The summed E-state index contributed by atoms with van der Waals surface area (Å²) < 4.78 is 0. The molecule has 1 heterocycles. The standard InChI is InChI=1S/C15H26N2O4/c1-10-5-6-17(11(7-10)14(20)21)13(19)9-16-12(18)8-15(2,3)4/h10-11H,5-9H2,1-4H3,(H,16,18)(H,20,21). The van der Waals surface area contributed by atoms with E-state index in [2.05, 4.69) is 5.32 Å². The fourth-order valence-electron chi connectivity index (χ4n) is 2.49. The molecule has 0 bridgehead atoms. The minimum absolute atomic E-state index is 0.132. The molecule has 0 spiro atoms. The number of carbonyl (C=O) groups excluding carboxylic acids is 2. The molecule has 21 heavy (non-hydrogen) atoms. The lowest BCUT2D eigenvalue weighted by atomic mass is 9.92. The van der Waals surface area contributed by atoms with Gasteiger partial charge in [-0.2, -0.15) is 0 Å². The second-order valence-electron chi connectivity index (χ2n) is 7.08. The number of rotatable bonds is 4. The third-order valence-corrected chi connectivity index (χ3v) is 3.60. The molecule has 2 N–H and O–H groups in total. The molecule has 0 aromatic heterocycles. The summed E-state index contributed by atoms with van der Waals surface area (Å²) in [7, 11) is 0. The summed E-state index contributed by atoms with van der Waals surface area (Å²) in [5.41, 5.74) is -0.142. The van der Waals surface area contributed by atoms with Crippen LogP contribution in [-0.2, 0) is 14.4 Å². The van der Waals surface area contributed by atoms with E-state index in [0.717, 1.165) is 6.42 Å². The Morgan fingerprint density at radius 1 is 1.29 bits per heavy atom. The number of carbonyl (C=O) groups is 3. The maximum atomic E-state index is 12.1. The van der Waals surface area contributed by atoms with Crippen LogP contribution in [0.4, 0.5) is 0 Å². The number of nitrogens with zero attached hydrogens (tertiary/aromatic N) is 1. The van der Waals surface area contributed by atoms with E-state index in [9.17, 15) is 19.5 Å². The number of carboxylic acids is 1. The van der Waals surface area contributed by atoms with Gasteiger partial charge in [0.15, 0.2) is 0 Å². The molecule has 0 aromatic rings. The lowest BCUT2D eigenvalue weighted by Gasteiger charge is -2.36. The van der Waals surface area contributed by atoms with E-state index in [0.29, 0.717) is 25.3 Å². The number of piperidine rings is 1. The van der Waals surface area contributed by atoms with E-state index in [1.807, 2.05) is 27.7 Å². The summed E-state index contributed by atoms with van der Waals surface area (Å²) in [4.78, 5) is 36.5. The van der Waals surface area contributed by atoms with Crippen molar-refractivity contribution in [3.8, 4) is 0 Å². The molecule has 6 nitrogen and oxygen atoms in total. The van der Waals surface area contributed by atoms with Gasteiger partial charge in [-0.1, -0.05) is 27.7 Å². The average Bonchev–Trinajstić information content (AvgIpc) is 2.33. The molecule has 2 amide bonds. The minimum Gasteiger partial charge on any atom is -0.480 e. The first-order valence-electron chi connectivity index (χ1n) is 7.39. The minimum atomic E-state index is -0.976. The molecule has 0 radical (unpaired) electrons. The number of carboxylic acid groups (broad SMARTS) is 1. The number of hydrogen-bond donors (Lipinski definition) is 2. The van der Waals surface area contributed by atoms with E-state index in [1.54, 1.807) is 0 Å². The number of nitrogens with one attached hydrogen (secondary N) is 1. The molecule has 0 saturated carbocycles. The second kappa shape index (κ2) is 6.91. The molecule has 0 aliphatic carbocycles. The molecule has 1 aliphatic rings. The van der Waals surface area contributed by atoms with Crippen LogP contribution in [0.1, 0.15) is 47.0 Å². The molecular formula is C15H26N2O4. The number of hydrogen-bond acceptors (Lipinski definition) is 3. The Bertz CT molecular complexity index is 414. The van der Waals surface area contributed by atoms with Gasteiger partial charge in [0.25, 0.3) is 0 Å². The van der Waals surface area contributed by atoms with Gasteiger partial charge in [0, 0.05) is 13.0 Å². The van der Waals surface area contributed by atoms with Gasteiger partial charge in [0.05, 0.1) is 6.54 Å². The van der Waals surface area contributed by atoms with E-state index in [1.165, 1.54) is 4.90 Å². The second-order valence-corrected chi connectivity index (χ2v) is 7.08. The van der Waals surface area contributed by atoms with Gasteiger partial charge in [0.2, 0.25) is 11.8 Å². The molecule has 2 atom stereocenters. The topological polar surface area (TPSA) is 86.7 Å². The molecule has 0 aromatic carbocycles. The van der Waals surface area contributed by atoms with Crippen molar-refractivity contribution in [3.63, 3.8) is 0 Å². The summed E-state index contributed by atoms with van der Waals surface area (Å²) in [5, 5.41) is 11.8. The first-order valence-corrected chi connectivity index (χ1v) is 7.39. The maximum absolute atomic E-state index is 12.1. The van der Waals surface area contributed by atoms with Crippen LogP contribution in [-0.4, -0.2) is 46.9 Å². The Labute approximate surface area is 125 Å². The van der Waals surface area contributed by atoms with Crippen molar-refractivity contribution >= 4 is 17.8 Å². The fraction of sp³-hybridized carbons (Fsp3) is 0.800. The normalized spacial score (nSPS) is 22.8. The van der Waals surface area contributed by atoms with Crippen molar-refractivity contribution < 1.29 is 19.5 Å². The molecular weight excluding hydrogens is 272 g/mol. The van der Waals surface area contributed by atoms with Crippen molar-refractivity contribution in [2.75, 3.05) is 13.1 Å². The Kier molecular flexibility index (Phi) is 5.75. The lowest BCUT2D eigenvalue weighted by Crippen LogP contribution is -2.52. The van der Waals surface area contributed by atoms with E-state index < -0.39 is 12.0 Å². The molecule has 1 rings (SSSR count). The summed E-state index contributed by atoms with van der Waals surface area (Å²) in [6.45, 7) is 8.13. The Balaban J connectivity index is 2.54. The van der Waals surface area contributed by atoms with Crippen LogP contribution >= 0.6 is 0 Å². The quantitative estimate of drug-likeness (QED) is 0.818. The first kappa shape index (κ1) is 17.5. The number of amides is 2. The molecule has 6 heteroatoms. The van der Waals surface area contributed by atoms with Crippen molar-refractivity contribution in [2.24, 2.45) is 11.3 Å². The fourth-order valence-corrected chi connectivity index (χ4v) is 2.49. The van der Waals surface area contributed by atoms with Gasteiger partial charge in [-0.05, 0) is 24.2 Å². The highest BCUT2D eigenvalue weighted by Crippen LogP contribution is 2.22. The third kappa shape index (κ3) is 5.73. The van der Waals surface area contributed by atoms with Gasteiger partial charge < -0.3 is 15.3 Å². The highest BCUT2D eigenvalue weighted by atomic mass is 16.4. The molecule has 1 aliphatic heterocycles. The van der Waals surface area contributed by atoms with Gasteiger partial charge in [0.1, 0.15) is 6.04 Å². The van der Waals surface area contributed by atoms with Gasteiger partial charge in [-0.25, -0.2) is 4.79 Å². The summed E-state index contributed by atoms with van der Waals surface area (Å²) in [6, 6.07) is -0.777. The lowest BCUT2D eigenvalue weighted by molar-refractivity contribution is -0.152. The van der Waals surface area contributed by atoms with Crippen LogP contribution in [0.2, 0.25) is 0 Å². The number of likely N-dealkylation sites (tertiary alicyclic amines) is 1. The summed E-state index contributed by atoms with van der Waals surface area (Å²) >= 11 is 0. The zero-order valence-electron chi connectivity index (χ0n) is 13.3. The van der Waals surface area contributed by atoms with Gasteiger partial charge in [-0.3, -0.25) is 9.59 Å². The smallest absolute Gasteiger partial charge is 0.326 e. The Hall–Kier alpha value is -1.59. The van der Waals surface area contributed by atoms with E-state index >= 15 is 0 Å². The van der Waals surface area contributed by atoms with Crippen molar-refractivity contribution in [1.29, 1.82) is 0 Å². The maximum Gasteiger partial charge on any atom is 0.326 e. The highest BCUT2D eigenvalue weighted by Gasteiger charge is 2.34. The Morgan fingerprint density at radius 2 is 1.90 bits per heavy atom. The van der Waals surface area contributed by atoms with Crippen LogP contribution in [0, 0.1) is 11.3 Å². The first-order chi connectivity index (χ1) is 9.60. The Morgan fingerprint density at radius 3 is 2.43 bits per heavy atom. The van der Waals surface area contributed by atoms with Crippen LogP contribution in [0.25, 0.3) is 0 Å². The largest absolute Gasteiger partial charge is 0.480 e. The van der Waals surface area contributed by atoms with Crippen LogP contribution in [0.3, 0.4) is 0 Å². The van der Waals surface area contributed by atoms with Crippen molar-refractivity contribution in [3.05, 3.63) is 0 Å².